The molecule has 0 aliphatic heterocycles. The number of anilines is 2. The van der Waals surface area contributed by atoms with Crippen LogP contribution in [0.1, 0.15) is 39.9 Å². The van der Waals surface area contributed by atoms with Gasteiger partial charge in [-0.1, -0.05) is 12.1 Å². The SMILES string of the molecule is Cc1ccc(NC(=O)c2c(F)cc(NC(=O)C3(c4ccc(C(F)(F)F)cc4F)CC3)cc2-c2nnn[nH]2)nc1. The molecule has 5 rings (SSSR count). The van der Waals surface area contributed by atoms with Gasteiger partial charge in [-0.2, -0.15) is 13.2 Å². The number of alkyl halides is 3. The summed E-state index contributed by atoms with van der Waals surface area (Å²) in [4.78, 5) is 30.2. The molecule has 2 amide bonds. The smallest absolute Gasteiger partial charge is 0.325 e. The highest BCUT2D eigenvalue weighted by Crippen LogP contribution is 2.50. The third kappa shape index (κ3) is 5.04. The Kier molecular flexibility index (Phi) is 6.32. The van der Waals surface area contributed by atoms with Crippen LogP contribution < -0.4 is 10.6 Å². The van der Waals surface area contributed by atoms with E-state index in [0.717, 1.165) is 17.7 Å². The second-order valence-electron chi connectivity index (χ2n) is 9.03. The summed E-state index contributed by atoms with van der Waals surface area (Å²) < 4.78 is 68.8. The van der Waals surface area contributed by atoms with Gasteiger partial charge in [0.1, 0.15) is 17.5 Å². The van der Waals surface area contributed by atoms with Crippen LogP contribution in [0.25, 0.3) is 11.4 Å². The van der Waals surface area contributed by atoms with E-state index in [9.17, 15) is 27.2 Å². The van der Waals surface area contributed by atoms with Gasteiger partial charge in [-0.25, -0.2) is 18.9 Å². The molecular formula is C25H18F5N7O2. The molecule has 2 aromatic heterocycles. The summed E-state index contributed by atoms with van der Waals surface area (Å²) in [5, 5.41) is 18.0. The number of carbonyl (C=O) groups is 2. The lowest BCUT2D eigenvalue weighted by Gasteiger charge is -2.19. The molecule has 1 aliphatic rings. The van der Waals surface area contributed by atoms with Crippen LogP contribution >= 0.6 is 0 Å². The number of amides is 2. The zero-order valence-corrected chi connectivity index (χ0v) is 20.0. The number of nitrogens with zero attached hydrogens (tertiary/aromatic N) is 4. The van der Waals surface area contributed by atoms with E-state index in [1.54, 1.807) is 13.0 Å². The van der Waals surface area contributed by atoms with Crippen molar-refractivity contribution in [2.24, 2.45) is 0 Å². The van der Waals surface area contributed by atoms with Gasteiger partial charge in [0.05, 0.1) is 16.5 Å². The van der Waals surface area contributed by atoms with Crippen LogP contribution in [0.4, 0.5) is 33.5 Å². The highest BCUT2D eigenvalue weighted by atomic mass is 19.4. The Bertz CT molecular complexity index is 1570. The van der Waals surface area contributed by atoms with Crippen LogP contribution in [0.5, 0.6) is 0 Å². The van der Waals surface area contributed by atoms with Gasteiger partial charge in [-0.05, 0) is 66.1 Å². The van der Waals surface area contributed by atoms with Crippen molar-refractivity contribution in [1.29, 1.82) is 0 Å². The van der Waals surface area contributed by atoms with E-state index in [0.29, 0.717) is 12.1 Å². The average Bonchev–Trinajstić information content (AvgIpc) is 3.49. The Morgan fingerprint density at radius 1 is 1.00 bits per heavy atom. The molecule has 0 atom stereocenters. The minimum absolute atomic E-state index is 0.0815. The Morgan fingerprint density at radius 3 is 2.36 bits per heavy atom. The van der Waals surface area contributed by atoms with Gasteiger partial charge >= 0.3 is 6.18 Å². The number of aromatic amines is 1. The molecule has 14 heteroatoms. The van der Waals surface area contributed by atoms with Gasteiger partial charge in [0.2, 0.25) is 5.91 Å². The third-order valence-corrected chi connectivity index (χ3v) is 6.33. The van der Waals surface area contributed by atoms with E-state index in [4.69, 9.17) is 0 Å². The number of aromatic nitrogens is 5. The molecule has 0 radical (unpaired) electrons. The van der Waals surface area contributed by atoms with E-state index in [2.05, 4.69) is 36.2 Å². The molecule has 0 unspecified atom stereocenters. The minimum atomic E-state index is -4.74. The Morgan fingerprint density at radius 2 is 1.77 bits per heavy atom. The Hall–Kier alpha value is -4.75. The lowest BCUT2D eigenvalue weighted by molar-refractivity contribution is -0.137. The van der Waals surface area contributed by atoms with Gasteiger partial charge in [0.25, 0.3) is 5.91 Å². The number of hydrogen-bond donors (Lipinski definition) is 3. The lowest BCUT2D eigenvalue weighted by atomic mass is 9.93. The Labute approximate surface area is 216 Å². The van der Waals surface area contributed by atoms with E-state index >= 15 is 4.39 Å². The molecule has 1 saturated carbocycles. The molecule has 0 saturated heterocycles. The summed E-state index contributed by atoms with van der Waals surface area (Å²) in [5.74, 6) is -3.73. The normalized spacial score (nSPS) is 14.1. The predicted octanol–water partition coefficient (Wildman–Crippen LogP) is 4.79. The molecule has 3 N–H and O–H groups in total. The van der Waals surface area contributed by atoms with Crippen LogP contribution in [0.15, 0.2) is 48.7 Å². The summed E-state index contributed by atoms with van der Waals surface area (Å²) >= 11 is 0. The zero-order valence-electron chi connectivity index (χ0n) is 20.0. The fraction of sp³-hybridized carbons (Fsp3) is 0.200. The summed E-state index contributed by atoms with van der Waals surface area (Å²) in [6.45, 7) is 1.80. The van der Waals surface area contributed by atoms with Gasteiger partial charge in [-0.3, -0.25) is 9.59 Å². The van der Waals surface area contributed by atoms with Crippen LogP contribution in [-0.2, 0) is 16.4 Å². The molecular weight excluding hydrogens is 525 g/mol. The molecule has 9 nitrogen and oxygen atoms in total. The first-order chi connectivity index (χ1) is 18.5. The maximum Gasteiger partial charge on any atom is 0.416 e. The quantitative estimate of drug-likeness (QED) is 0.301. The number of halogens is 5. The molecule has 200 valence electrons. The number of H-pyrrole nitrogens is 1. The first-order valence-corrected chi connectivity index (χ1v) is 11.5. The van der Waals surface area contributed by atoms with Gasteiger partial charge < -0.3 is 10.6 Å². The summed E-state index contributed by atoms with van der Waals surface area (Å²) in [5.41, 5.74) is -2.60. The number of pyridine rings is 1. The second-order valence-corrected chi connectivity index (χ2v) is 9.03. The van der Waals surface area contributed by atoms with Gasteiger partial charge in [0, 0.05) is 23.0 Å². The summed E-state index contributed by atoms with van der Waals surface area (Å²) in [7, 11) is 0. The van der Waals surface area contributed by atoms with Crippen molar-refractivity contribution in [2.75, 3.05) is 10.6 Å². The van der Waals surface area contributed by atoms with E-state index in [1.165, 1.54) is 18.3 Å². The van der Waals surface area contributed by atoms with Crippen molar-refractivity contribution in [1.82, 2.24) is 25.6 Å². The number of rotatable bonds is 6. The second kappa shape index (κ2) is 9.53. The van der Waals surface area contributed by atoms with Crippen LogP contribution in [-0.4, -0.2) is 37.4 Å². The number of hydrogen-bond acceptors (Lipinski definition) is 6. The fourth-order valence-electron chi connectivity index (χ4n) is 4.16. The molecule has 2 heterocycles. The highest BCUT2D eigenvalue weighted by molar-refractivity contribution is 6.09. The number of benzene rings is 2. The third-order valence-electron chi connectivity index (χ3n) is 6.33. The maximum atomic E-state index is 15.3. The maximum absolute atomic E-state index is 15.3. The minimum Gasteiger partial charge on any atom is -0.325 e. The summed E-state index contributed by atoms with van der Waals surface area (Å²) in [6.07, 6.45) is -2.89. The molecule has 0 spiro atoms. The standard InChI is InChI=1S/C25H18F5N7O2/c1-12-2-5-19(31-11-12)33-22(38)20-15(21-34-36-37-35-21)9-14(10-18(20)27)32-23(39)24(6-7-24)16-4-3-13(8-17(16)26)25(28,29)30/h2-5,8-11H,6-7H2,1H3,(H,32,39)(H,31,33,38)(H,34,35,36,37). The Balaban J connectivity index is 1.45. The highest BCUT2D eigenvalue weighted by Gasteiger charge is 2.53. The number of aryl methyl sites for hydroxylation is 1. The lowest BCUT2D eigenvalue weighted by Crippen LogP contribution is -2.29. The fourth-order valence-corrected chi connectivity index (χ4v) is 4.16. The molecule has 0 bridgehead atoms. The zero-order chi connectivity index (χ0) is 27.9. The molecule has 39 heavy (non-hydrogen) atoms. The first kappa shape index (κ1) is 25.9. The van der Waals surface area contributed by atoms with E-state index < -0.39 is 46.2 Å². The van der Waals surface area contributed by atoms with Crippen LogP contribution in [0, 0.1) is 18.6 Å². The number of tetrazole rings is 1. The molecule has 2 aromatic carbocycles. The topological polar surface area (TPSA) is 126 Å². The van der Waals surface area contributed by atoms with Crippen molar-refractivity contribution in [3.8, 4) is 11.4 Å². The molecule has 1 aliphatic carbocycles. The van der Waals surface area contributed by atoms with E-state index in [-0.39, 0.29) is 41.3 Å². The average molecular weight is 543 g/mol. The predicted molar refractivity (Wildman–Crippen MR) is 127 cm³/mol. The number of nitrogens with one attached hydrogen (secondary N) is 3. The van der Waals surface area contributed by atoms with Crippen molar-refractivity contribution in [3.05, 3.63) is 82.5 Å². The monoisotopic (exact) mass is 543 g/mol. The molecule has 1 fully saturated rings. The number of carbonyl (C=O) groups excluding carboxylic acids is 2. The van der Waals surface area contributed by atoms with Crippen molar-refractivity contribution >= 4 is 23.3 Å². The molecule has 4 aromatic rings. The van der Waals surface area contributed by atoms with Crippen LogP contribution in [0.3, 0.4) is 0 Å². The van der Waals surface area contributed by atoms with Gasteiger partial charge in [0.15, 0.2) is 5.82 Å². The van der Waals surface area contributed by atoms with E-state index in [1.807, 2.05) is 0 Å². The first-order valence-electron chi connectivity index (χ1n) is 11.5. The van der Waals surface area contributed by atoms with Crippen LogP contribution in [0.2, 0.25) is 0 Å². The van der Waals surface area contributed by atoms with Crippen molar-refractivity contribution in [2.45, 2.75) is 31.4 Å². The van der Waals surface area contributed by atoms with Crippen molar-refractivity contribution < 1.29 is 31.5 Å². The summed E-state index contributed by atoms with van der Waals surface area (Å²) in [6, 6.07) is 7.35. The van der Waals surface area contributed by atoms with Gasteiger partial charge in [-0.15, -0.1) is 5.10 Å². The van der Waals surface area contributed by atoms with Crippen molar-refractivity contribution in [3.63, 3.8) is 0 Å². The largest absolute Gasteiger partial charge is 0.416 e.